The minimum absolute atomic E-state index is 0.102. The van der Waals surface area contributed by atoms with E-state index in [2.05, 4.69) is 24.2 Å². The first-order valence-corrected chi connectivity index (χ1v) is 7.02. The van der Waals surface area contributed by atoms with Crippen LogP contribution in [-0.4, -0.2) is 5.16 Å². The maximum Gasteiger partial charge on any atom is 0.230 e. The van der Waals surface area contributed by atoms with Gasteiger partial charge in [0.2, 0.25) is 5.88 Å². The third kappa shape index (κ3) is 2.14. The molecule has 1 fully saturated rings. The van der Waals surface area contributed by atoms with Gasteiger partial charge in [0.1, 0.15) is 0 Å². The van der Waals surface area contributed by atoms with Gasteiger partial charge in [-0.05, 0) is 18.4 Å². The van der Waals surface area contributed by atoms with Gasteiger partial charge < -0.3 is 10.3 Å². The lowest BCUT2D eigenvalue weighted by molar-refractivity contribution is 0.295. The molecule has 1 heterocycles. The quantitative estimate of drug-likeness (QED) is 0.878. The summed E-state index contributed by atoms with van der Waals surface area (Å²) in [5, 5.41) is 4.29. The molecule has 0 radical (unpaired) electrons. The van der Waals surface area contributed by atoms with E-state index in [0.29, 0.717) is 5.88 Å². The lowest BCUT2D eigenvalue weighted by Crippen LogP contribution is -2.26. The summed E-state index contributed by atoms with van der Waals surface area (Å²) in [6.07, 6.45) is 6.18. The first-order chi connectivity index (χ1) is 9.21. The Balaban J connectivity index is 2.08. The fourth-order valence-corrected chi connectivity index (χ4v) is 3.17. The number of anilines is 1. The number of hydrogen-bond donors (Lipinski definition) is 1. The molecule has 3 rings (SSSR count). The largest absolute Gasteiger partial charge is 0.367 e. The maximum atomic E-state index is 6.01. The highest BCUT2D eigenvalue weighted by atomic mass is 16.5. The molecule has 1 aliphatic rings. The van der Waals surface area contributed by atoms with E-state index in [-0.39, 0.29) is 5.41 Å². The van der Waals surface area contributed by atoms with Crippen molar-refractivity contribution in [3.63, 3.8) is 0 Å². The van der Waals surface area contributed by atoms with Crippen LogP contribution in [0.5, 0.6) is 0 Å². The van der Waals surface area contributed by atoms with Crippen LogP contribution >= 0.6 is 0 Å². The zero-order valence-corrected chi connectivity index (χ0v) is 11.4. The van der Waals surface area contributed by atoms with Crippen LogP contribution in [0.4, 0.5) is 5.88 Å². The van der Waals surface area contributed by atoms with E-state index in [1.807, 2.05) is 18.2 Å². The van der Waals surface area contributed by atoms with Crippen LogP contribution in [0.1, 0.15) is 44.7 Å². The summed E-state index contributed by atoms with van der Waals surface area (Å²) < 4.78 is 5.30. The fourth-order valence-electron chi connectivity index (χ4n) is 3.17. The van der Waals surface area contributed by atoms with Crippen LogP contribution in [0.15, 0.2) is 34.9 Å². The number of nitrogens with zero attached hydrogens (tertiary/aromatic N) is 1. The van der Waals surface area contributed by atoms with Crippen LogP contribution in [0.3, 0.4) is 0 Å². The Hall–Kier alpha value is -1.77. The van der Waals surface area contributed by atoms with E-state index in [9.17, 15) is 0 Å². The maximum absolute atomic E-state index is 6.01. The van der Waals surface area contributed by atoms with E-state index in [4.69, 9.17) is 10.3 Å². The number of aromatic nitrogens is 1. The second-order valence-electron chi connectivity index (χ2n) is 5.76. The minimum atomic E-state index is 0.102. The van der Waals surface area contributed by atoms with E-state index in [1.165, 1.54) is 32.1 Å². The summed E-state index contributed by atoms with van der Waals surface area (Å²) in [6.45, 7) is 2.29. The van der Waals surface area contributed by atoms with Crippen LogP contribution in [0.25, 0.3) is 11.1 Å². The molecule has 1 aromatic carbocycles. The zero-order valence-electron chi connectivity index (χ0n) is 11.4. The average Bonchev–Trinajstić information content (AvgIpc) is 2.83. The Bertz CT molecular complexity index is 553. The lowest BCUT2D eigenvalue weighted by Gasteiger charge is -2.32. The van der Waals surface area contributed by atoms with Crippen LogP contribution in [-0.2, 0) is 5.41 Å². The highest BCUT2D eigenvalue weighted by molar-refractivity contribution is 5.76. The monoisotopic (exact) mass is 256 g/mol. The normalized spacial score (nSPS) is 18.4. The summed E-state index contributed by atoms with van der Waals surface area (Å²) in [4.78, 5) is 0. The molecule has 3 nitrogen and oxygen atoms in total. The molecular weight excluding hydrogens is 236 g/mol. The van der Waals surface area contributed by atoms with Crippen LogP contribution < -0.4 is 5.73 Å². The Kier molecular flexibility index (Phi) is 3.05. The van der Waals surface area contributed by atoms with Crippen molar-refractivity contribution in [2.75, 3.05) is 5.73 Å². The number of hydrogen-bond acceptors (Lipinski definition) is 3. The van der Waals surface area contributed by atoms with Gasteiger partial charge in [-0.3, -0.25) is 0 Å². The minimum Gasteiger partial charge on any atom is -0.367 e. The average molecular weight is 256 g/mol. The molecular formula is C16H20N2O. The molecule has 0 unspecified atom stereocenters. The van der Waals surface area contributed by atoms with E-state index < -0.39 is 0 Å². The second-order valence-corrected chi connectivity index (χ2v) is 5.76. The molecule has 0 spiro atoms. The van der Waals surface area contributed by atoms with Crippen LogP contribution in [0.2, 0.25) is 0 Å². The first-order valence-electron chi connectivity index (χ1n) is 7.02. The smallest absolute Gasteiger partial charge is 0.230 e. The van der Waals surface area contributed by atoms with Gasteiger partial charge in [-0.2, -0.15) is 0 Å². The number of nitrogen functional groups attached to an aromatic ring is 1. The number of rotatable bonds is 2. The lowest BCUT2D eigenvalue weighted by atomic mass is 9.72. The molecule has 2 N–H and O–H groups in total. The fraction of sp³-hybridized carbons (Fsp3) is 0.438. The predicted octanol–water partition coefficient (Wildman–Crippen LogP) is 4.15. The molecule has 0 amide bonds. The summed E-state index contributed by atoms with van der Waals surface area (Å²) in [5.41, 5.74) is 9.24. The van der Waals surface area contributed by atoms with Crippen molar-refractivity contribution in [2.45, 2.75) is 44.4 Å². The summed E-state index contributed by atoms with van der Waals surface area (Å²) >= 11 is 0. The molecule has 0 bridgehead atoms. The summed E-state index contributed by atoms with van der Waals surface area (Å²) in [5.74, 6) is 0.438. The van der Waals surface area contributed by atoms with Gasteiger partial charge in [0.25, 0.3) is 0 Å². The van der Waals surface area contributed by atoms with Gasteiger partial charge in [-0.25, -0.2) is 0 Å². The number of nitrogens with two attached hydrogens (primary N) is 1. The molecule has 1 aromatic heterocycles. The van der Waals surface area contributed by atoms with Gasteiger partial charge in [-0.15, -0.1) is 0 Å². The molecule has 2 aromatic rings. The van der Waals surface area contributed by atoms with E-state index in [0.717, 1.165) is 16.8 Å². The van der Waals surface area contributed by atoms with Gasteiger partial charge >= 0.3 is 0 Å². The standard InChI is InChI=1S/C16H20N2O/c1-16(10-6-3-7-11-16)14-13(15(17)19-18-14)12-8-4-2-5-9-12/h2,4-5,8-9H,3,6-7,10-11,17H2,1H3. The van der Waals surface area contributed by atoms with Crippen molar-refractivity contribution in [1.82, 2.24) is 5.16 Å². The summed E-state index contributed by atoms with van der Waals surface area (Å²) in [6, 6.07) is 10.2. The first kappa shape index (κ1) is 12.3. The van der Waals surface area contributed by atoms with Crippen molar-refractivity contribution < 1.29 is 4.52 Å². The number of benzene rings is 1. The van der Waals surface area contributed by atoms with Crippen molar-refractivity contribution in [3.05, 3.63) is 36.0 Å². The molecule has 0 saturated heterocycles. The van der Waals surface area contributed by atoms with Crippen molar-refractivity contribution >= 4 is 5.88 Å². The van der Waals surface area contributed by atoms with Gasteiger partial charge in [0, 0.05) is 5.41 Å². The van der Waals surface area contributed by atoms with Crippen molar-refractivity contribution in [1.29, 1.82) is 0 Å². The van der Waals surface area contributed by atoms with Crippen molar-refractivity contribution in [2.24, 2.45) is 0 Å². The van der Waals surface area contributed by atoms with Gasteiger partial charge in [0.05, 0.1) is 11.3 Å². The molecule has 1 aliphatic carbocycles. The van der Waals surface area contributed by atoms with Gasteiger partial charge in [-0.1, -0.05) is 61.7 Å². The molecule has 0 aliphatic heterocycles. The summed E-state index contributed by atoms with van der Waals surface area (Å²) in [7, 11) is 0. The second kappa shape index (κ2) is 4.72. The highest BCUT2D eigenvalue weighted by Gasteiger charge is 2.35. The zero-order chi connectivity index (χ0) is 13.3. The third-order valence-electron chi connectivity index (χ3n) is 4.31. The highest BCUT2D eigenvalue weighted by Crippen LogP contribution is 2.44. The Labute approximate surface area is 113 Å². The molecule has 3 heteroatoms. The van der Waals surface area contributed by atoms with Gasteiger partial charge in [0.15, 0.2) is 0 Å². The SMILES string of the molecule is CC1(c2noc(N)c2-c2ccccc2)CCCCC1. The molecule has 1 saturated carbocycles. The Morgan fingerprint density at radius 3 is 2.47 bits per heavy atom. The van der Waals surface area contributed by atoms with E-state index in [1.54, 1.807) is 0 Å². The van der Waals surface area contributed by atoms with Crippen LogP contribution in [0, 0.1) is 0 Å². The topological polar surface area (TPSA) is 52.0 Å². The van der Waals surface area contributed by atoms with E-state index >= 15 is 0 Å². The van der Waals surface area contributed by atoms with Crippen molar-refractivity contribution in [3.8, 4) is 11.1 Å². The molecule has 100 valence electrons. The Morgan fingerprint density at radius 2 is 1.79 bits per heavy atom. The third-order valence-corrected chi connectivity index (χ3v) is 4.31. The molecule has 0 atom stereocenters. The molecule has 19 heavy (non-hydrogen) atoms. The predicted molar refractivity (Wildman–Crippen MR) is 76.8 cm³/mol. The Morgan fingerprint density at radius 1 is 1.11 bits per heavy atom.